The minimum absolute atomic E-state index is 0.0618. The zero-order valence-electron chi connectivity index (χ0n) is 19.7. The smallest absolute Gasteiger partial charge is 0.303 e. The van der Waals surface area contributed by atoms with E-state index in [1.807, 2.05) is 61.5 Å². The van der Waals surface area contributed by atoms with Crippen molar-refractivity contribution >= 4 is 46.1 Å². The molecule has 0 aromatic heterocycles. The Balaban J connectivity index is 1.76. The summed E-state index contributed by atoms with van der Waals surface area (Å²) in [6.45, 7) is 4.05. The van der Waals surface area contributed by atoms with Gasteiger partial charge in [-0.15, -0.1) is 0 Å². The van der Waals surface area contributed by atoms with Crippen LogP contribution in [-0.4, -0.2) is 17.0 Å². The van der Waals surface area contributed by atoms with E-state index in [4.69, 9.17) is 22.4 Å². The highest BCUT2D eigenvalue weighted by molar-refractivity contribution is 6.38. The van der Waals surface area contributed by atoms with E-state index < -0.39 is 11.5 Å². The number of rotatable bonds is 8. The number of carbonyl (C=O) groups is 2. The second kappa shape index (κ2) is 9.94. The fraction of sp³-hybridized carbons (Fsp3) is 0.214. The number of aliphatic carboxylic acids is 1. The molecule has 0 spiro atoms. The molecule has 1 aliphatic heterocycles. The highest BCUT2D eigenvalue weighted by Gasteiger charge is 2.29. The van der Waals surface area contributed by atoms with Gasteiger partial charge in [-0.3, -0.25) is 9.59 Å². The molecule has 6 nitrogen and oxygen atoms in total. The van der Waals surface area contributed by atoms with Gasteiger partial charge in [-0.05, 0) is 60.7 Å². The predicted molar refractivity (Wildman–Crippen MR) is 141 cm³/mol. The zero-order valence-corrected chi connectivity index (χ0v) is 20.4. The minimum atomic E-state index is -0.837. The lowest BCUT2D eigenvalue weighted by Crippen LogP contribution is -2.31. The van der Waals surface area contributed by atoms with Crippen LogP contribution in [0.4, 0.5) is 11.4 Å². The van der Waals surface area contributed by atoms with Crippen LogP contribution in [0.15, 0.2) is 66.7 Å². The molecule has 5 N–H and O–H groups in total. The Morgan fingerprint density at radius 2 is 1.77 bits per heavy atom. The van der Waals surface area contributed by atoms with Crippen LogP contribution < -0.4 is 16.4 Å². The third-order valence-corrected chi connectivity index (χ3v) is 6.63. The van der Waals surface area contributed by atoms with Gasteiger partial charge < -0.3 is 21.5 Å². The van der Waals surface area contributed by atoms with Crippen LogP contribution in [0.2, 0.25) is 5.02 Å². The molecule has 1 unspecified atom stereocenters. The van der Waals surface area contributed by atoms with Crippen molar-refractivity contribution in [1.29, 1.82) is 0 Å². The number of hydrogen-bond acceptors (Lipinski definition) is 4. The fourth-order valence-corrected chi connectivity index (χ4v) is 4.22. The van der Waals surface area contributed by atoms with Crippen molar-refractivity contribution < 1.29 is 14.7 Å². The molecule has 0 bridgehead atoms. The van der Waals surface area contributed by atoms with Crippen molar-refractivity contribution in [1.82, 2.24) is 0 Å². The first kappa shape index (κ1) is 24.5. The number of amides is 1. The predicted octanol–water partition coefficient (Wildman–Crippen LogP) is 5.87. The molecule has 1 heterocycles. The van der Waals surface area contributed by atoms with Crippen LogP contribution in [0.5, 0.6) is 0 Å². The summed E-state index contributed by atoms with van der Waals surface area (Å²) in [5.74, 6) is -1.06. The van der Waals surface area contributed by atoms with Crippen molar-refractivity contribution in [2.45, 2.75) is 38.6 Å². The van der Waals surface area contributed by atoms with Gasteiger partial charge in [0, 0.05) is 28.2 Å². The molecule has 4 rings (SSSR count). The van der Waals surface area contributed by atoms with E-state index in [1.165, 1.54) is 0 Å². The number of fused-ring (bicyclic) bond motifs is 1. The molecule has 0 aliphatic carbocycles. The van der Waals surface area contributed by atoms with Crippen LogP contribution in [0.3, 0.4) is 0 Å². The summed E-state index contributed by atoms with van der Waals surface area (Å²) in [7, 11) is 0. The van der Waals surface area contributed by atoms with E-state index in [-0.39, 0.29) is 12.3 Å². The van der Waals surface area contributed by atoms with Gasteiger partial charge in [0.15, 0.2) is 0 Å². The van der Waals surface area contributed by atoms with Crippen molar-refractivity contribution in [2.75, 3.05) is 10.6 Å². The Labute approximate surface area is 209 Å². The maximum Gasteiger partial charge on any atom is 0.303 e. The standard InChI is InChI=1S/C28H28ClN3O3/c1-3-28(2,30)19-9-12-21(13-10-19)31-26(18-7-4-17(5-8-18)6-15-24(33)34)25-22-14-11-20(29)16-23(22)32-27(25)35/h4-5,7-14,16,31H,3,6,15,30H2,1-2H3,(H,32,35)(H,33,34)/b26-25-. The van der Waals surface area contributed by atoms with Crippen LogP contribution in [0.25, 0.3) is 11.3 Å². The Morgan fingerprint density at radius 3 is 2.40 bits per heavy atom. The number of aryl methyl sites for hydroxylation is 1. The molecule has 180 valence electrons. The van der Waals surface area contributed by atoms with Crippen LogP contribution in [0, 0.1) is 0 Å². The molecule has 0 radical (unpaired) electrons. The summed E-state index contributed by atoms with van der Waals surface area (Å²) in [5, 5.41) is 15.9. The van der Waals surface area contributed by atoms with E-state index in [1.54, 1.807) is 12.1 Å². The number of carbonyl (C=O) groups excluding carboxylic acids is 1. The monoisotopic (exact) mass is 489 g/mol. The first-order chi connectivity index (χ1) is 16.7. The zero-order chi connectivity index (χ0) is 25.2. The summed E-state index contributed by atoms with van der Waals surface area (Å²) in [6, 6.07) is 20.8. The highest BCUT2D eigenvalue weighted by Crippen LogP contribution is 2.39. The Morgan fingerprint density at radius 1 is 1.09 bits per heavy atom. The van der Waals surface area contributed by atoms with E-state index in [0.29, 0.717) is 28.4 Å². The molecular weight excluding hydrogens is 462 g/mol. The van der Waals surface area contributed by atoms with E-state index in [9.17, 15) is 9.59 Å². The third kappa shape index (κ3) is 5.39. The normalized spacial score (nSPS) is 15.7. The molecule has 0 fully saturated rings. The average Bonchev–Trinajstić information content (AvgIpc) is 3.16. The number of carboxylic acid groups (broad SMARTS) is 1. The van der Waals surface area contributed by atoms with E-state index in [0.717, 1.165) is 34.4 Å². The van der Waals surface area contributed by atoms with Gasteiger partial charge >= 0.3 is 5.97 Å². The average molecular weight is 490 g/mol. The summed E-state index contributed by atoms with van der Waals surface area (Å²) in [5.41, 5.74) is 12.1. The lowest BCUT2D eigenvalue weighted by molar-refractivity contribution is -0.137. The second-order valence-electron chi connectivity index (χ2n) is 8.96. The number of hydrogen-bond donors (Lipinski definition) is 4. The SMILES string of the molecule is CCC(C)(N)c1ccc(N/C(=C2\C(=O)Nc3cc(Cl)ccc32)c2ccc(CCC(=O)O)cc2)cc1. The van der Waals surface area contributed by atoms with E-state index >= 15 is 0 Å². The molecule has 1 atom stereocenters. The molecule has 0 saturated carbocycles. The summed E-state index contributed by atoms with van der Waals surface area (Å²) >= 11 is 6.14. The first-order valence-electron chi connectivity index (χ1n) is 11.5. The van der Waals surface area contributed by atoms with Crippen molar-refractivity contribution in [3.05, 3.63) is 94.0 Å². The number of nitrogens with two attached hydrogens (primary N) is 1. The summed E-state index contributed by atoms with van der Waals surface area (Å²) in [6.07, 6.45) is 1.31. The number of nitrogens with one attached hydrogen (secondary N) is 2. The quantitative estimate of drug-likeness (QED) is 0.296. The maximum atomic E-state index is 13.1. The number of carboxylic acids is 1. The van der Waals surface area contributed by atoms with Crippen molar-refractivity contribution in [3.8, 4) is 0 Å². The Kier molecular flexibility index (Phi) is 6.96. The van der Waals surface area contributed by atoms with Gasteiger partial charge in [-0.2, -0.15) is 0 Å². The molecule has 35 heavy (non-hydrogen) atoms. The topological polar surface area (TPSA) is 104 Å². The Bertz CT molecular complexity index is 1300. The van der Waals surface area contributed by atoms with Gasteiger partial charge in [-0.25, -0.2) is 0 Å². The first-order valence-corrected chi connectivity index (χ1v) is 11.9. The lowest BCUT2D eigenvalue weighted by Gasteiger charge is -2.24. The van der Waals surface area contributed by atoms with Gasteiger partial charge in [0.1, 0.15) is 0 Å². The van der Waals surface area contributed by atoms with Gasteiger partial charge in [0.2, 0.25) is 0 Å². The van der Waals surface area contributed by atoms with Crippen LogP contribution in [-0.2, 0) is 21.5 Å². The van der Waals surface area contributed by atoms with Crippen LogP contribution in [0.1, 0.15) is 48.9 Å². The third-order valence-electron chi connectivity index (χ3n) is 6.39. The Hall–Kier alpha value is -3.61. The van der Waals surface area contributed by atoms with Gasteiger partial charge in [0.25, 0.3) is 5.91 Å². The molecule has 3 aromatic rings. The molecule has 0 saturated heterocycles. The highest BCUT2D eigenvalue weighted by atomic mass is 35.5. The lowest BCUT2D eigenvalue weighted by atomic mass is 9.90. The minimum Gasteiger partial charge on any atom is -0.481 e. The second-order valence-corrected chi connectivity index (χ2v) is 9.39. The molecular formula is C28H28ClN3O3. The largest absolute Gasteiger partial charge is 0.481 e. The number of halogens is 1. The summed E-state index contributed by atoms with van der Waals surface area (Å²) in [4.78, 5) is 24.0. The fourth-order valence-electron chi connectivity index (χ4n) is 4.04. The maximum absolute atomic E-state index is 13.1. The summed E-state index contributed by atoms with van der Waals surface area (Å²) < 4.78 is 0. The van der Waals surface area contributed by atoms with E-state index in [2.05, 4.69) is 17.6 Å². The molecule has 1 amide bonds. The van der Waals surface area contributed by atoms with Crippen molar-refractivity contribution in [2.24, 2.45) is 5.73 Å². The molecule has 7 heteroatoms. The van der Waals surface area contributed by atoms with Gasteiger partial charge in [0.05, 0.1) is 17.0 Å². The molecule has 3 aromatic carbocycles. The van der Waals surface area contributed by atoms with Gasteiger partial charge in [-0.1, -0.05) is 61.0 Å². The van der Waals surface area contributed by atoms with Crippen LogP contribution >= 0.6 is 11.6 Å². The number of anilines is 2. The van der Waals surface area contributed by atoms with Crippen molar-refractivity contribution in [3.63, 3.8) is 0 Å². The number of benzene rings is 3. The molecule has 1 aliphatic rings.